The largest absolute Gasteiger partial charge is 0.488 e. The minimum absolute atomic E-state index is 0.100. The number of hydrogen-bond acceptors (Lipinski definition) is 2. The molecule has 0 radical (unpaired) electrons. The standard InChI is InChI=1S/C7H5F4NO/c1-2-13-5-3(8)6(10)12-7(11)4(5)9/h2H2,1H3. The Hall–Kier alpha value is -1.33. The minimum atomic E-state index is -1.72. The summed E-state index contributed by atoms with van der Waals surface area (Å²) in [5, 5.41) is 0. The summed E-state index contributed by atoms with van der Waals surface area (Å²) in [6, 6.07) is 0. The highest BCUT2D eigenvalue weighted by atomic mass is 19.2. The van der Waals surface area contributed by atoms with Gasteiger partial charge in [-0.2, -0.15) is 22.5 Å². The van der Waals surface area contributed by atoms with E-state index in [1.54, 1.807) is 0 Å². The Bertz CT molecular complexity index is 303. The van der Waals surface area contributed by atoms with Gasteiger partial charge in [-0.3, -0.25) is 0 Å². The molecule has 0 aliphatic heterocycles. The van der Waals surface area contributed by atoms with Crippen molar-refractivity contribution < 1.29 is 22.3 Å². The van der Waals surface area contributed by atoms with Gasteiger partial charge in [0.1, 0.15) is 0 Å². The smallest absolute Gasteiger partial charge is 0.255 e. The first kappa shape index (κ1) is 9.76. The van der Waals surface area contributed by atoms with E-state index in [-0.39, 0.29) is 6.61 Å². The van der Waals surface area contributed by atoms with Crippen molar-refractivity contribution >= 4 is 0 Å². The SMILES string of the molecule is CCOc1c(F)c(F)nc(F)c1F. The van der Waals surface area contributed by atoms with Gasteiger partial charge in [0.2, 0.25) is 11.6 Å². The molecular formula is C7H5F4NO. The lowest BCUT2D eigenvalue weighted by atomic mass is 10.4. The molecule has 0 spiro atoms. The van der Waals surface area contributed by atoms with E-state index < -0.39 is 29.3 Å². The van der Waals surface area contributed by atoms with Crippen LogP contribution < -0.4 is 4.74 Å². The predicted molar refractivity (Wildman–Crippen MR) is 35.2 cm³/mol. The molecule has 0 atom stereocenters. The number of pyridine rings is 1. The zero-order valence-corrected chi connectivity index (χ0v) is 6.57. The fourth-order valence-electron chi connectivity index (χ4n) is 0.739. The lowest BCUT2D eigenvalue weighted by Gasteiger charge is -2.05. The Morgan fingerprint density at radius 1 is 1.08 bits per heavy atom. The Morgan fingerprint density at radius 3 is 1.92 bits per heavy atom. The van der Waals surface area contributed by atoms with Crippen LogP contribution >= 0.6 is 0 Å². The topological polar surface area (TPSA) is 22.1 Å². The maximum absolute atomic E-state index is 12.7. The van der Waals surface area contributed by atoms with E-state index in [2.05, 4.69) is 9.72 Å². The Balaban J connectivity index is 3.28. The summed E-state index contributed by atoms with van der Waals surface area (Å²) in [5.41, 5.74) is 0. The Morgan fingerprint density at radius 2 is 1.54 bits per heavy atom. The lowest BCUT2D eigenvalue weighted by Crippen LogP contribution is -2.05. The average molecular weight is 195 g/mol. The second-order valence-electron chi connectivity index (χ2n) is 2.08. The molecule has 0 saturated heterocycles. The fraction of sp³-hybridized carbons (Fsp3) is 0.286. The van der Waals surface area contributed by atoms with Crippen LogP contribution in [0.25, 0.3) is 0 Å². The molecule has 2 nitrogen and oxygen atoms in total. The van der Waals surface area contributed by atoms with Crippen molar-refractivity contribution in [2.75, 3.05) is 6.61 Å². The number of nitrogens with zero attached hydrogens (tertiary/aromatic N) is 1. The molecule has 0 unspecified atom stereocenters. The van der Waals surface area contributed by atoms with Crippen molar-refractivity contribution in [3.05, 3.63) is 23.5 Å². The predicted octanol–water partition coefficient (Wildman–Crippen LogP) is 2.04. The van der Waals surface area contributed by atoms with Crippen molar-refractivity contribution in [1.29, 1.82) is 0 Å². The van der Waals surface area contributed by atoms with Gasteiger partial charge in [0, 0.05) is 0 Å². The number of rotatable bonds is 2. The van der Waals surface area contributed by atoms with Gasteiger partial charge in [0.05, 0.1) is 6.61 Å². The molecule has 0 bridgehead atoms. The van der Waals surface area contributed by atoms with Crippen molar-refractivity contribution in [2.45, 2.75) is 6.92 Å². The molecular weight excluding hydrogens is 190 g/mol. The van der Waals surface area contributed by atoms with Crippen molar-refractivity contribution in [2.24, 2.45) is 0 Å². The summed E-state index contributed by atoms with van der Waals surface area (Å²) in [6.07, 6.45) is 0. The van der Waals surface area contributed by atoms with Gasteiger partial charge in [0.15, 0.2) is 5.75 Å². The monoisotopic (exact) mass is 195 g/mol. The molecule has 1 rings (SSSR count). The van der Waals surface area contributed by atoms with Gasteiger partial charge in [-0.25, -0.2) is 0 Å². The molecule has 1 aromatic rings. The van der Waals surface area contributed by atoms with Gasteiger partial charge in [-0.1, -0.05) is 0 Å². The maximum Gasteiger partial charge on any atom is 0.255 e. The van der Waals surface area contributed by atoms with Gasteiger partial charge in [-0.05, 0) is 6.92 Å². The number of ether oxygens (including phenoxy) is 1. The highest BCUT2D eigenvalue weighted by molar-refractivity contribution is 5.24. The molecule has 1 aromatic heterocycles. The maximum atomic E-state index is 12.7. The number of aromatic nitrogens is 1. The normalized spacial score (nSPS) is 10.2. The molecule has 13 heavy (non-hydrogen) atoms. The van der Waals surface area contributed by atoms with Gasteiger partial charge < -0.3 is 4.74 Å². The third kappa shape index (κ3) is 1.71. The van der Waals surface area contributed by atoms with Crippen molar-refractivity contribution in [3.63, 3.8) is 0 Å². The van der Waals surface area contributed by atoms with Crippen LogP contribution in [0.4, 0.5) is 17.6 Å². The molecule has 0 aliphatic carbocycles. The molecule has 6 heteroatoms. The van der Waals surface area contributed by atoms with Crippen LogP contribution in [0.15, 0.2) is 0 Å². The zero-order valence-electron chi connectivity index (χ0n) is 6.57. The van der Waals surface area contributed by atoms with E-state index in [1.165, 1.54) is 6.92 Å². The molecule has 0 amide bonds. The molecule has 0 saturated carbocycles. The minimum Gasteiger partial charge on any atom is -0.488 e. The fourth-order valence-corrected chi connectivity index (χ4v) is 0.739. The van der Waals surface area contributed by atoms with E-state index >= 15 is 0 Å². The van der Waals surface area contributed by atoms with Crippen molar-refractivity contribution in [3.8, 4) is 5.75 Å². The molecule has 72 valence electrons. The van der Waals surface area contributed by atoms with E-state index in [0.717, 1.165) is 0 Å². The lowest BCUT2D eigenvalue weighted by molar-refractivity contribution is 0.278. The van der Waals surface area contributed by atoms with Crippen LogP contribution in [0.2, 0.25) is 0 Å². The molecule has 1 heterocycles. The molecule has 0 aliphatic rings. The van der Waals surface area contributed by atoms with E-state index in [1.807, 2.05) is 0 Å². The van der Waals surface area contributed by atoms with E-state index in [9.17, 15) is 17.6 Å². The first-order valence-corrected chi connectivity index (χ1v) is 3.40. The Labute approximate surface area is 71.2 Å². The summed E-state index contributed by atoms with van der Waals surface area (Å²) >= 11 is 0. The number of hydrogen-bond donors (Lipinski definition) is 0. The van der Waals surface area contributed by atoms with Crippen LogP contribution in [-0.4, -0.2) is 11.6 Å². The quantitative estimate of drug-likeness (QED) is 0.532. The third-order valence-corrected chi connectivity index (χ3v) is 1.25. The van der Waals surface area contributed by atoms with Crippen LogP contribution in [0.5, 0.6) is 5.75 Å². The summed E-state index contributed by atoms with van der Waals surface area (Å²) in [7, 11) is 0. The van der Waals surface area contributed by atoms with Crippen LogP contribution in [0.1, 0.15) is 6.92 Å². The molecule has 0 aromatic carbocycles. The molecule has 0 fully saturated rings. The van der Waals surface area contributed by atoms with Gasteiger partial charge >= 0.3 is 0 Å². The molecule has 0 N–H and O–H groups in total. The first-order chi connectivity index (χ1) is 6.07. The highest BCUT2D eigenvalue weighted by Gasteiger charge is 2.21. The van der Waals surface area contributed by atoms with E-state index in [4.69, 9.17) is 0 Å². The van der Waals surface area contributed by atoms with Gasteiger partial charge in [0.25, 0.3) is 11.9 Å². The van der Waals surface area contributed by atoms with E-state index in [0.29, 0.717) is 0 Å². The summed E-state index contributed by atoms with van der Waals surface area (Å²) in [5.74, 6) is -7.77. The zero-order chi connectivity index (χ0) is 10.0. The summed E-state index contributed by atoms with van der Waals surface area (Å²) < 4.78 is 54.4. The van der Waals surface area contributed by atoms with Crippen LogP contribution in [-0.2, 0) is 0 Å². The average Bonchev–Trinajstić information content (AvgIpc) is 2.09. The Kier molecular flexibility index (Phi) is 2.69. The number of halogens is 4. The van der Waals surface area contributed by atoms with Crippen LogP contribution in [0, 0.1) is 23.5 Å². The second kappa shape index (κ2) is 3.59. The third-order valence-electron chi connectivity index (χ3n) is 1.25. The van der Waals surface area contributed by atoms with Crippen LogP contribution in [0.3, 0.4) is 0 Å². The highest BCUT2D eigenvalue weighted by Crippen LogP contribution is 2.24. The van der Waals surface area contributed by atoms with Gasteiger partial charge in [-0.15, -0.1) is 0 Å². The summed E-state index contributed by atoms with van der Waals surface area (Å²) in [4.78, 5) is 2.35. The van der Waals surface area contributed by atoms with Crippen molar-refractivity contribution in [1.82, 2.24) is 4.98 Å². The first-order valence-electron chi connectivity index (χ1n) is 3.40. The second-order valence-corrected chi connectivity index (χ2v) is 2.08. The summed E-state index contributed by atoms with van der Waals surface area (Å²) in [6.45, 7) is 1.33.